The van der Waals surface area contributed by atoms with Gasteiger partial charge in [-0.3, -0.25) is 4.79 Å². The van der Waals surface area contributed by atoms with Gasteiger partial charge >= 0.3 is 0 Å². The molecule has 1 atom stereocenters. The van der Waals surface area contributed by atoms with Gasteiger partial charge in [0.25, 0.3) is 0 Å². The molecule has 1 N–H and O–H groups in total. The second kappa shape index (κ2) is 6.65. The summed E-state index contributed by atoms with van der Waals surface area (Å²) in [4.78, 5) is 14.6. The van der Waals surface area contributed by atoms with Gasteiger partial charge < -0.3 is 10.0 Å². The van der Waals surface area contributed by atoms with Crippen LogP contribution in [0.15, 0.2) is 54.6 Å². The number of phenols is 1. The molecule has 2 aromatic rings. The van der Waals surface area contributed by atoms with Gasteiger partial charge in [-0.2, -0.15) is 0 Å². The maximum Gasteiger partial charge on any atom is 0.227 e. The van der Waals surface area contributed by atoms with E-state index in [4.69, 9.17) is 0 Å². The largest absolute Gasteiger partial charge is 0.508 e. The smallest absolute Gasteiger partial charge is 0.227 e. The molecule has 0 bridgehead atoms. The average Bonchev–Trinajstić information content (AvgIpc) is 2.96. The fraction of sp³-hybridized carbons (Fsp3) is 0.316. The van der Waals surface area contributed by atoms with Crippen molar-refractivity contribution in [2.24, 2.45) is 0 Å². The van der Waals surface area contributed by atoms with Crippen molar-refractivity contribution in [3.05, 3.63) is 65.7 Å². The van der Waals surface area contributed by atoms with E-state index in [1.165, 1.54) is 5.56 Å². The third-order valence-corrected chi connectivity index (χ3v) is 4.28. The van der Waals surface area contributed by atoms with Crippen molar-refractivity contribution < 1.29 is 9.90 Å². The van der Waals surface area contributed by atoms with Gasteiger partial charge in [0.05, 0.1) is 6.42 Å². The molecule has 3 nitrogen and oxygen atoms in total. The van der Waals surface area contributed by atoms with Gasteiger partial charge in [0.1, 0.15) is 5.75 Å². The van der Waals surface area contributed by atoms with E-state index in [0.717, 1.165) is 31.4 Å². The highest BCUT2D eigenvalue weighted by atomic mass is 16.3. The Morgan fingerprint density at radius 3 is 2.64 bits per heavy atom. The van der Waals surface area contributed by atoms with Gasteiger partial charge in [0.2, 0.25) is 5.91 Å². The Morgan fingerprint density at radius 2 is 1.86 bits per heavy atom. The predicted octanol–water partition coefficient (Wildman–Crippen LogP) is 3.17. The van der Waals surface area contributed by atoms with Crippen LogP contribution in [0.25, 0.3) is 0 Å². The molecule has 1 amide bonds. The first kappa shape index (κ1) is 14.6. The Hall–Kier alpha value is -2.29. The molecular weight excluding hydrogens is 274 g/mol. The van der Waals surface area contributed by atoms with Crippen LogP contribution in [0, 0.1) is 0 Å². The van der Waals surface area contributed by atoms with Gasteiger partial charge in [0, 0.05) is 12.6 Å². The van der Waals surface area contributed by atoms with Gasteiger partial charge in [-0.05, 0) is 42.5 Å². The Bertz CT molecular complexity index is 639. The summed E-state index contributed by atoms with van der Waals surface area (Å²) in [7, 11) is 0. The number of carbonyl (C=O) groups excluding carboxylic acids is 1. The number of nitrogens with zero attached hydrogens (tertiary/aromatic N) is 1. The van der Waals surface area contributed by atoms with Gasteiger partial charge in [-0.15, -0.1) is 0 Å². The minimum atomic E-state index is 0.157. The molecule has 1 aliphatic heterocycles. The average molecular weight is 295 g/mol. The highest BCUT2D eigenvalue weighted by molar-refractivity contribution is 5.79. The molecule has 0 saturated carbocycles. The number of aromatic hydroxyl groups is 1. The summed E-state index contributed by atoms with van der Waals surface area (Å²) in [5, 5.41) is 9.51. The van der Waals surface area contributed by atoms with E-state index in [1.54, 1.807) is 18.2 Å². The zero-order chi connectivity index (χ0) is 15.4. The van der Waals surface area contributed by atoms with Crippen molar-refractivity contribution in [2.75, 3.05) is 6.54 Å². The van der Waals surface area contributed by atoms with E-state index in [2.05, 4.69) is 12.1 Å². The fourth-order valence-corrected chi connectivity index (χ4v) is 3.21. The first-order chi connectivity index (χ1) is 10.7. The Morgan fingerprint density at radius 1 is 1.09 bits per heavy atom. The Labute approximate surface area is 131 Å². The predicted molar refractivity (Wildman–Crippen MR) is 86.7 cm³/mol. The number of rotatable bonds is 4. The zero-order valence-corrected chi connectivity index (χ0v) is 12.6. The van der Waals surface area contributed by atoms with E-state index in [-0.39, 0.29) is 11.7 Å². The number of likely N-dealkylation sites (tertiary alicyclic amines) is 1. The van der Waals surface area contributed by atoms with Crippen LogP contribution in [0.2, 0.25) is 0 Å². The molecule has 1 saturated heterocycles. The molecule has 1 aliphatic rings. The number of carbonyl (C=O) groups is 1. The van der Waals surface area contributed by atoms with Crippen molar-refractivity contribution in [1.29, 1.82) is 0 Å². The van der Waals surface area contributed by atoms with E-state index in [0.29, 0.717) is 12.5 Å². The van der Waals surface area contributed by atoms with Crippen LogP contribution in [0.1, 0.15) is 24.0 Å². The van der Waals surface area contributed by atoms with Gasteiger partial charge in [-0.25, -0.2) is 0 Å². The van der Waals surface area contributed by atoms with Crippen LogP contribution in [0.5, 0.6) is 5.75 Å². The number of hydrogen-bond donors (Lipinski definition) is 1. The standard InChI is InChI=1S/C19H21NO2/c21-18-10-4-8-16(13-18)14-19(22)20-11-5-9-17(20)12-15-6-2-1-3-7-15/h1-4,6-8,10,13,17,21H,5,9,11-12,14H2/t17-/m1/s1. The highest BCUT2D eigenvalue weighted by Crippen LogP contribution is 2.22. The molecule has 0 aliphatic carbocycles. The molecule has 0 unspecified atom stereocenters. The van der Waals surface area contributed by atoms with Crippen molar-refractivity contribution in [2.45, 2.75) is 31.7 Å². The van der Waals surface area contributed by atoms with Crippen LogP contribution < -0.4 is 0 Å². The normalized spacial score (nSPS) is 17.6. The summed E-state index contributed by atoms with van der Waals surface area (Å²) in [5.41, 5.74) is 2.15. The third kappa shape index (κ3) is 3.48. The Balaban J connectivity index is 1.66. The first-order valence-electron chi connectivity index (χ1n) is 7.83. The van der Waals surface area contributed by atoms with E-state index in [9.17, 15) is 9.90 Å². The molecule has 2 aromatic carbocycles. The van der Waals surface area contributed by atoms with E-state index in [1.807, 2.05) is 29.2 Å². The maximum absolute atomic E-state index is 12.6. The monoisotopic (exact) mass is 295 g/mol. The summed E-state index contributed by atoms with van der Waals surface area (Å²) in [6.45, 7) is 0.842. The topological polar surface area (TPSA) is 40.5 Å². The molecule has 1 fully saturated rings. The summed E-state index contributed by atoms with van der Waals surface area (Å²) in [6.07, 6.45) is 3.43. The van der Waals surface area contributed by atoms with Gasteiger partial charge in [-0.1, -0.05) is 42.5 Å². The molecule has 22 heavy (non-hydrogen) atoms. The molecule has 0 aromatic heterocycles. The fourth-order valence-electron chi connectivity index (χ4n) is 3.21. The lowest BCUT2D eigenvalue weighted by atomic mass is 10.0. The molecule has 0 radical (unpaired) electrons. The van der Waals surface area contributed by atoms with Crippen LogP contribution in [-0.4, -0.2) is 28.5 Å². The molecule has 3 rings (SSSR count). The first-order valence-corrected chi connectivity index (χ1v) is 7.83. The summed E-state index contributed by atoms with van der Waals surface area (Å²) in [6, 6.07) is 17.6. The molecule has 114 valence electrons. The quantitative estimate of drug-likeness (QED) is 0.941. The van der Waals surface area contributed by atoms with Crippen molar-refractivity contribution in [3.8, 4) is 5.75 Å². The lowest BCUT2D eigenvalue weighted by Crippen LogP contribution is -2.37. The van der Waals surface area contributed by atoms with Crippen molar-refractivity contribution >= 4 is 5.91 Å². The summed E-state index contributed by atoms with van der Waals surface area (Å²) in [5.74, 6) is 0.372. The molecule has 3 heteroatoms. The molecule has 1 heterocycles. The SMILES string of the molecule is O=C(Cc1cccc(O)c1)N1CCC[C@@H]1Cc1ccccc1. The maximum atomic E-state index is 12.6. The highest BCUT2D eigenvalue weighted by Gasteiger charge is 2.28. The summed E-state index contributed by atoms with van der Waals surface area (Å²) < 4.78 is 0. The van der Waals surface area contributed by atoms with Crippen LogP contribution in [-0.2, 0) is 17.6 Å². The number of amides is 1. The van der Waals surface area contributed by atoms with Crippen molar-refractivity contribution in [1.82, 2.24) is 4.90 Å². The number of phenolic OH excluding ortho intramolecular Hbond substituents is 1. The Kier molecular flexibility index (Phi) is 4.42. The van der Waals surface area contributed by atoms with E-state index < -0.39 is 0 Å². The third-order valence-electron chi connectivity index (χ3n) is 4.28. The second-order valence-electron chi connectivity index (χ2n) is 5.92. The summed E-state index contributed by atoms with van der Waals surface area (Å²) >= 11 is 0. The lowest BCUT2D eigenvalue weighted by molar-refractivity contribution is -0.131. The second-order valence-corrected chi connectivity index (χ2v) is 5.92. The van der Waals surface area contributed by atoms with Crippen LogP contribution in [0.3, 0.4) is 0 Å². The van der Waals surface area contributed by atoms with Crippen LogP contribution >= 0.6 is 0 Å². The van der Waals surface area contributed by atoms with Crippen molar-refractivity contribution in [3.63, 3.8) is 0 Å². The lowest BCUT2D eigenvalue weighted by Gasteiger charge is -2.25. The van der Waals surface area contributed by atoms with Crippen LogP contribution in [0.4, 0.5) is 0 Å². The minimum Gasteiger partial charge on any atom is -0.508 e. The number of benzene rings is 2. The molecular formula is C19H21NO2. The van der Waals surface area contributed by atoms with E-state index >= 15 is 0 Å². The van der Waals surface area contributed by atoms with Gasteiger partial charge in [0.15, 0.2) is 0 Å². The molecule has 0 spiro atoms. The minimum absolute atomic E-state index is 0.157. The number of hydrogen-bond acceptors (Lipinski definition) is 2. The zero-order valence-electron chi connectivity index (χ0n) is 12.6.